The summed E-state index contributed by atoms with van der Waals surface area (Å²) >= 11 is 5.90. The second-order valence-corrected chi connectivity index (χ2v) is 5.79. The number of hydrogen-bond acceptors (Lipinski definition) is 4. The van der Waals surface area contributed by atoms with Crippen LogP contribution in [0.15, 0.2) is 51.7 Å². The largest absolute Gasteiger partial charge is 0.476 e. The topological polar surface area (TPSA) is 82.5 Å². The third kappa shape index (κ3) is 3.12. The van der Waals surface area contributed by atoms with Gasteiger partial charge in [0.05, 0.1) is 5.39 Å². The molecule has 3 aromatic rings. The predicted molar refractivity (Wildman–Crippen MR) is 92.4 cm³/mol. The summed E-state index contributed by atoms with van der Waals surface area (Å²) in [6, 6.07) is 12.0. The van der Waals surface area contributed by atoms with E-state index in [1.165, 1.54) is 0 Å². The van der Waals surface area contributed by atoms with Gasteiger partial charge in [-0.15, -0.1) is 0 Å². The molecule has 0 aliphatic heterocycles. The Morgan fingerprint density at radius 2 is 1.92 bits per heavy atom. The summed E-state index contributed by atoms with van der Waals surface area (Å²) in [4.78, 5) is 23.8. The molecule has 0 spiro atoms. The molecule has 1 heterocycles. The highest BCUT2D eigenvalue weighted by Crippen LogP contribution is 2.31. The highest BCUT2D eigenvalue weighted by atomic mass is 35.5. The van der Waals surface area contributed by atoms with Crippen molar-refractivity contribution in [1.82, 2.24) is 0 Å². The quantitative estimate of drug-likeness (QED) is 0.788. The van der Waals surface area contributed by atoms with Crippen molar-refractivity contribution in [2.45, 2.75) is 6.92 Å². The molecular formula is C18H14ClNO4. The van der Waals surface area contributed by atoms with Gasteiger partial charge in [-0.25, -0.2) is 0 Å². The van der Waals surface area contributed by atoms with E-state index in [0.29, 0.717) is 21.6 Å². The van der Waals surface area contributed by atoms with E-state index in [4.69, 9.17) is 26.5 Å². The van der Waals surface area contributed by atoms with E-state index in [1.807, 2.05) is 13.0 Å². The number of halogens is 1. The van der Waals surface area contributed by atoms with Crippen LogP contribution in [0.2, 0.25) is 5.02 Å². The Kier molecular flexibility index (Phi) is 4.27. The number of hydrogen-bond donors (Lipinski definition) is 1. The van der Waals surface area contributed by atoms with Crippen molar-refractivity contribution in [3.05, 3.63) is 63.3 Å². The summed E-state index contributed by atoms with van der Waals surface area (Å²) in [7, 11) is 0. The monoisotopic (exact) mass is 343 g/mol. The minimum atomic E-state index is -0.680. The molecule has 6 heteroatoms. The van der Waals surface area contributed by atoms with Gasteiger partial charge in [-0.2, -0.15) is 0 Å². The van der Waals surface area contributed by atoms with Crippen LogP contribution in [0.1, 0.15) is 5.56 Å². The molecule has 0 unspecified atom stereocenters. The zero-order chi connectivity index (χ0) is 17.3. The number of rotatable bonds is 4. The first-order chi connectivity index (χ1) is 11.5. The lowest BCUT2D eigenvalue weighted by atomic mass is 10.1. The Balaban J connectivity index is 2.26. The molecule has 0 saturated carbocycles. The molecule has 0 radical (unpaired) electrons. The van der Waals surface area contributed by atoms with Crippen LogP contribution in [0.4, 0.5) is 0 Å². The van der Waals surface area contributed by atoms with Crippen LogP contribution in [0.25, 0.3) is 22.3 Å². The minimum absolute atomic E-state index is 0.0470. The molecule has 0 atom stereocenters. The maximum Gasteiger partial charge on any atom is 0.255 e. The molecular weight excluding hydrogens is 330 g/mol. The lowest BCUT2D eigenvalue weighted by Crippen LogP contribution is -2.22. The number of fused-ring (bicyclic) bond motifs is 1. The Morgan fingerprint density at radius 1 is 1.21 bits per heavy atom. The van der Waals surface area contributed by atoms with Crippen LogP contribution in [0.3, 0.4) is 0 Å². The Morgan fingerprint density at radius 3 is 2.58 bits per heavy atom. The molecule has 0 aliphatic carbocycles. The highest BCUT2D eigenvalue weighted by Gasteiger charge is 2.18. The van der Waals surface area contributed by atoms with Crippen LogP contribution < -0.4 is 15.9 Å². The van der Waals surface area contributed by atoms with Crippen molar-refractivity contribution in [3.8, 4) is 17.1 Å². The van der Waals surface area contributed by atoms with Crippen molar-refractivity contribution in [2.24, 2.45) is 5.73 Å². The molecule has 0 aliphatic rings. The fourth-order valence-electron chi connectivity index (χ4n) is 2.36. The molecule has 1 aromatic heterocycles. The predicted octanol–water partition coefficient (Wildman–Crippen LogP) is 3.29. The van der Waals surface area contributed by atoms with E-state index in [1.54, 1.807) is 36.4 Å². The van der Waals surface area contributed by atoms with Gasteiger partial charge in [-0.05, 0) is 43.3 Å². The number of carbonyl (C=O) groups excluding carboxylic acids is 1. The van der Waals surface area contributed by atoms with Crippen molar-refractivity contribution in [3.63, 3.8) is 0 Å². The molecule has 0 fully saturated rings. The Labute approximate surface area is 142 Å². The van der Waals surface area contributed by atoms with Gasteiger partial charge in [-0.1, -0.05) is 23.2 Å². The Bertz CT molecular complexity index is 977. The van der Waals surface area contributed by atoms with Crippen molar-refractivity contribution in [2.75, 3.05) is 6.61 Å². The zero-order valence-corrected chi connectivity index (χ0v) is 13.6. The molecule has 24 heavy (non-hydrogen) atoms. The second-order valence-electron chi connectivity index (χ2n) is 5.35. The van der Waals surface area contributed by atoms with E-state index < -0.39 is 12.5 Å². The third-order valence-corrected chi connectivity index (χ3v) is 3.72. The molecule has 122 valence electrons. The zero-order valence-electron chi connectivity index (χ0n) is 12.8. The number of amides is 1. The van der Waals surface area contributed by atoms with Gasteiger partial charge in [0.1, 0.15) is 5.58 Å². The summed E-state index contributed by atoms with van der Waals surface area (Å²) in [6.45, 7) is 1.46. The summed E-state index contributed by atoms with van der Waals surface area (Å²) in [6.07, 6.45) is 0. The minimum Gasteiger partial charge on any atom is -0.476 e. The highest BCUT2D eigenvalue weighted by molar-refractivity contribution is 6.30. The summed E-state index contributed by atoms with van der Waals surface area (Å²) < 4.78 is 11.2. The van der Waals surface area contributed by atoms with Crippen molar-refractivity contribution < 1.29 is 13.9 Å². The van der Waals surface area contributed by atoms with Crippen LogP contribution in [0, 0.1) is 6.92 Å². The van der Waals surface area contributed by atoms with Gasteiger partial charge >= 0.3 is 0 Å². The van der Waals surface area contributed by atoms with Gasteiger partial charge < -0.3 is 14.9 Å². The molecule has 1 amide bonds. The van der Waals surface area contributed by atoms with E-state index in [2.05, 4.69) is 0 Å². The van der Waals surface area contributed by atoms with E-state index in [0.717, 1.165) is 5.56 Å². The molecule has 3 rings (SSSR count). The van der Waals surface area contributed by atoms with Crippen LogP contribution >= 0.6 is 11.6 Å². The molecule has 2 aromatic carbocycles. The van der Waals surface area contributed by atoms with Crippen LogP contribution in [0.5, 0.6) is 5.75 Å². The van der Waals surface area contributed by atoms with Gasteiger partial charge in [0, 0.05) is 10.6 Å². The molecule has 0 saturated heterocycles. The van der Waals surface area contributed by atoms with E-state index in [-0.39, 0.29) is 16.9 Å². The van der Waals surface area contributed by atoms with E-state index >= 15 is 0 Å². The Hall–Kier alpha value is -2.79. The summed E-state index contributed by atoms with van der Waals surface area (Å²) in [5.74, 6) is -0.496. The SMILES string of the molecule is Cc1ccc2oc(-c3ccc(Cl)cc3)c(OCC(N)=O)c(=O)c2c1. The number of primary amides is 1. The first kappa shape index (κ1) is 16.1. The fourth-order valence-corrected chi connectivity index (χ4v) is 2.48. The molecule has 0 bridgehead atoms. The van der Waals surface area contributed by atoms with Crippen molar-refractivity contribution in [1.29, 1.82) is 0 Å². The van der Waals surface area contributed by atoms with Gasteiger partial charge in [-0.3, -0.25) is 9.59 Å². The first-order valence-electron chi connectivity index (χ1n) is 7.20. The van der Waals surface area contributed by atoms with Gasteiger partial charge in [0.2, 0.25) is 11.2 Å². The molecule has 5 nitrogen and oxygen atoms in total. The normalized spacial score (nSPS) is 10.8. The van der Waals surface area contributed by atoms with Crippen LogP contribution in [-0.2, 0) is 4.79 Å². The number of nitrogens with two attached hydrogens (primary N) is 1. The third-order valence-electron chi connectivity index (χ3n) is 3.47. The van der Waals surface area contributed by atoms with E-state index in [9.17, 15) is 9.59 Å². The lowest BCUT2D eigenvalue weighted by molar-refractivity contribution is -0.119. The fraction of sp³-hybridized carbons (Fsp3) is 0.111. The second kappa shape index (κ2) is 6.37. The van der Waals surface area contributed by atoms with Gasteiger partial charge in [0.15, 0.2) is 12.4 Å². The summed E-state index contributed by atoms with van der Waals surface area (Å²) in [5, 5.41) is 0.935. The lowest BCUT2D eigenvalue weighted by Gasteiger charge is -2.11. The van der Waals surface area contributed by atoms with Crippen molar-refractivity contribution >= 4 is 28.5 Å². The standard InChI is InChI=1S/C18H14ClNO4/c1-10-2-7-14-13(8-10)16(22)18(23-9-15(20)21)17(24-14)11-3-5-12(19)6-4-11/h2-8H,9H2,1H3,(H2,20,21). The smallest absolute Gasteiger partial charge is 0.255 e. The summed E-state index contributed by atoms with van der Waals surface area (Å²) in [5.41, 5.74) is 6.72. The average Bonchev–Trinajstić information content (AvgIpc) is 2.55. The number of aryl methyl sites for hydroxylation is 1. The average molecular weight is 344 g/mol. The van der Waals surface area contributed by atoms with Gasteiger partial charge in [0.25, 0.3) is 5.91 Å². The first-order valence-corrected chi connectivity index (χ1v) is 7.58. The number of carbonyl (C=O) groups is 1. The maximum atomic E-state index is 12.8. The molecule has 2 N–H and O–H groups in total. The van der Waals surface area contributed by atoms with Crippen LogP contribution in [-0.4, -0.2) is 12.5 Å². The number of benzene rings is 2. The maximum absolute atomic E-state index is 12.8. The number of ether oxygens (including phenoxy) is 1.